The molecule has 0 atom stereocenters. The van der Waals surface area contributed by atoms with Crippen LogP contribution in [0.1, 0.15) is 18.2 Å². The van der Waals surface area contributed by atoms with E-state index in [1.54, 1.807) is 11.3 Å². The van der Waals surface area contributed by atoms with Crippen LogP contribution in [0.5, 0.6) is 0 Å². The number of hydrogen-bond donors (Lipinski definition) is 0. The molecule has 4 heteroatoms. The molecular weight excluding hydrogens is 567 g/mol. The van der Waals surface area contributed by atoms with Crippen molar-refractivity contribution < 1.29 is 0 Å². The predicted octanol–water partition coefficient (Wildman–Crippen LogP) is 11.7. The van der Waals surface area contributed by atoms with E-state index in [-0.39, 0.29) is 0 Å². The van der Waals surface area contributed by atoms with Gasteiger partial charge in [0.2, 0.25) is 0 Å². The lowest BCUT2D eigenvalue weighted by Crippen LogP contribution is -1.97. The SMILES string of the molecule is C=C/C=C(\C=C/C)n1c(C=C)c(C=C)c2cc(-c3ccc4sc5c(-c6ccccc6)nc(-c6ccccc6)nc5c4c3)ccc21. The second-order valence-electron chi connectivity index (χ2n) is 10.7. The number of allylic oxidation sites excluding steroid dienone is 5. The van der Waals surface area contributed by atoms with E-state index in [1.165, 1.54) is 4.70 Å². The first kappa shape index (κ1) is 28.2. The summed E-state index contributed by atoms with van der Waals surface area (Å²) in [6.45, 7) is 14.2. The van der Waals surface area contributed by atoms with Gasteiger partial charge in [0, 0.05) is 37.9 Å². The van der Waals surface area contributed by atoms with Crippen LogP contribution in [0, 0.1) is 0 Å². The number of aromatic nitrogens is 3. The molecule has 3 heterocycles. The van der Waals surface area contributed by atoms with E-state index in [9.17, 15) is 0 Å². The highest BCUT2D eigenvalue weighted by atomic mass is 32.1. The Labute approximate surface area is 267 Å². The number of hydrogen-bond acceptors (Lipinski definition) is 3. The van der Waals surface area contributed by atoms with E-state index in [0.717, 1.165) is 77.2 Å². The van der Waals surface area contributed by atoms with Gasteiger partial charge in [0.15, 0.2) is 5.82 Å². The third-order valence-electron chi connectivity index (χ3n) is 8.05. The number of rotatable bonds is 8. The molecule has 45 heavy (non-hydrogen) atoms. The Hall–Kier alpha value is -5.58. The van der Waals surface area contributed by atoms with Crippen molar-refractivity contribution in [3.05, 3.63) is 152 Å². The average Bonchev–Trinajstić information content (AvgIpc) is 3.62. The number of thiophene rings is 1. The van der Waals surface area contributed by atoms with Crippen molar-refractivity contribution in [1.82, 2.24) is 14.5 Å². The van der Waals surface area contributed by atoms with Gasteiger partial charge < -0.3 is 4.57 Å². The first-order valence-electron chi connectivity index (χ1n) is 14.9. The summed E-state index contributed by atoms with van der Waals surface area (Å²) in [6.07, 6.45) is 11.8. The molecule has 0 spiro atoms. The highest BCUT2D eigenvalue weighted by Crippen LogP contribution is 2.41. The summed E-state index contributed by atoms with van der Waals surface area (Å²) < 4.78 is 4.49. The van der Waals surface area contributed by atoms with Gasteiger partial charge in [0.05, 0.1) is 27.1 Å². The van der Waals surface area contributed by atoms with Crippen LogP contribution >= 0.6 is 11.3 Å². The molecule has 4 aromatic carbocycles. The number of nitrogens with zero attached hydrogens (tertiary/aromatic N) is 3. The zero-order valence-corrected chi connectivity index (χ0v) is 25.9. The molecular formula is C41H31N3S. The molecule has 0 aliphatic rings. The van der Waals surface area contributed by atoms with E-state index >= 15 is 0 Å². The minimum absolute atomic E-state index is 0.729. The molecule has 7 aromatic rings. The third kappa shape index (κ3) is 4.86. The van der Waals surface area contributed by atoms with Gasteiger partial charge in [-0.2, -0.15) is 0 Å². The van der Waals surface area contributed by atoms with Gasteiger partial charge in [-0.05, 0) is 60.5 Å². The molecule has 0 amide bonds. The highest BCUT2D eigenvalue weighted by molar-refractivity contribution is 7.26. The van der Waals surface area contributed by atoms with Gasteiger partial charge in [-0.1, -0.05) is 111 Å². The molecule has 0 fully saturated rings. The molecule has 7 rings (SSSR count). The maximum absolute atomic E-state index is 5.16. The Bertz CT molecular complexity index is 2320. The van der Waals surface area contributed by atoms with Gasteiger partial charge in [0.25, 0.3) is 0 Å². The fourth-order valence-electron chi connectivity index (χ4n) is 6.04. The predicted molar refractivity (Wildman–Crippen MR) is 196 cm³/mol. The van der Waals surface area contributed by atoms with Crippen LogP contribution in [0.3, 0.4) is 0 Å². The lowest BCUT2D eigenvalue weighted by molar-refractivity contribution is 1.15. The van der Waals surface area contributed by atoms with Gasteiger partial charge >= 0.3 is 0 Å². The summed E-state index contributed by atoms with van der Waals surface area (Å²) in [5, 5.41) is 2.24. The summed E-state index contributed by atoms with van der Waals surface area (Å²) >= 11 is 1.75. The van der Waals surface area contributed by atoms with Crippen molar-refractivity contribution in [2.24, 2.45) is 0 Å². The third-order valence-corrected chi connectivity index (χ3v) is 9.22. The van der Waals surface area contributed by atoms with E-state index in [0.29, 0.717) is 0 Å². The Kier molecular flexibility index (Phi) is 7.42. The molecule has 0 bridgehead atoms. The minimum Gasteiger partial charge on any atom is -0.309 e. The number of benzene rings is 4. The summed E-state index contributed by atoms with van der Waals surface area (Å²) in [5.74, 6) is 0.729. The molecule has 0 saturated heterocycles. The normalized spacial score (nSPS) is 12.0. The van der Waals surface area contributed by atoms with Crippen LogP contribution < -0.4 is 0 Å². The van der Waals surface area contributed by atoms with E-state index in [1.807, 2.05) is 61.6 Å². The van der Waals surface area contributed by atoms with Crippen molar-refractivity contribution in [2.45, 2.75) is 6.92 Å². The van der Waals surface area contributed by atoms with Gasteiger partial charge in [-0.25, -0.2) is 9.97 Å². The second-order valence-corrected chi connectivity index (χ2v) is 11.8. The zero-order chi connectivity index (χ0) is 30.9. The van der Waals surface area contributed by atoms with E-state index in [4.69, 9.17) is 9.97 Å². The van der Waals surface area contributed by atoms with Crippen molar-refractivity contribution in [3.63, 3.8) is 0 Å². The Morgan fingerprint density at radius 1 is 0.733 bits per heavy atom. The molecule has 0 unspecified atom stereocenters. The monoisotopic (exact) mass is 597 g/mol. The molecule has 0 N–H and O–H groups in total. The van der Waals surface area contributed by atoms with Crippen molar-refractivity contribution in [1.29, 1.82) is 0 Å². The average molecular weight is 598 g/mol. The lowest BCUT2D eigenvalue weighted by Gasteiger charge is -2.10. The first-order valence-corrected chi connectivity index (χ1v) is 15.7. The molecule has 216 valence electrons. The molecule has 0 aliphatic heterocycles. The summed E-state index contributed by atoms with van der Waals surface area (Å²) in [4.78, 5) is 10.3. The smallest absolute Gasteiger partial charge is 0.160 e. The Balaban J connectivity index is 1.45. The summed E-state index contributed by atoms with van der Waals surface area (Å²) in [7, 11) is 0. The summed E-state index contributed by atoms with van der Waals surface area (Å²) in [5.41, 5.74) is 10.4. The van der Waals surface area contributed by atoms with Crippen LogP contribution in [0.2, 0.25) is 0 Å². The maximum atomic E-state index is 5.16. The van der Waals surface area contributed by atoms with E-state index < -0.39 is 0 Å². The van der Waals surface area contributed by atoms with Gasteiger partial charge in [0.1, 0.15) is 0 Å². The molecule has 3 nitrogen and oxygen atoms in total. The van der Waals surface area contributed by atoms with Crippen LogP contribution in [0.15, 0.2) is 141 Å². The second kappa shape index (κ2) is 11.8. The fourth-order valence-corrected chi connectivity index (χ4v) is 7.17. The fraction of sp³-hybridized carbons (Fsp3) is 0.0244. The standard InChI is InChI=1S/C41H31N3S/c1-5-15-31(16-6-2)44-35(8-4)32(7-3)33-25-29(21-23-36(33)44)30-22-24-37-34(26-30)39-40(45-37)38(27-17-11-9-12-18-27)42-41(43-39)28-19-13-10-14-20-28/h5-26H,1,3-4H2,2H3/b16-6-,31-15+. The molecule has 0 saturated carbocycles. The molecule has 0 aliphatic carbocycles. The largest absolute Gasteiger partial charge is 0.309 e. The van der Waals surface area contributed by atoms with Crippen molar-refractivity contribution >= 4 is 60.4 Å². The maximum Gasteiger partial charge on any atom is 0.160 e. The van der Waals surface area contributed by atoms with Crippen molar-refractivity contribution in [2.75, 3.05) is 0 Å². The highest BCUT2D eigenvalue weighted by Gasteiger charge is 2.19. The minimum atomic E-state index is 0.729. The topological polar surface area (TPSA) is 30.7 Å². The zero-order valence-electron chi connectivity index (χ0n) is 25.1. The molecule has 3 aromatic heterocycles. The van der Waals surface area contributed by atoms with Crippen LogP contribution in [0.4, 0.5) is 0 Å². The van der Waals surface area contributed by atoms with Gasteiger partial charge in [-0.3, -0.25) is 0 Å². The van der Waals surface area contributed by atoms with Crippen LogP contribution in [-0.2, 0) is 0 Å². The van der Waals surface area contributed by atoms with Crippen LogP contribution in [-0.4, -0.2) is 14.5 Å². The van der Waals surface area contributed by atoms with Crippen LogP contribution in [0.25, 0.3) is 82.8 Å². The quantitative estimate of drug-likeness (QED) is 0.163. The first-order chi connectivity index (χ1) is 22.1. The van der Waals surface area contributed by atoms with Gasteiger partial charge in [-0.15, -0.1) is 11.3 Å². The molecule has 0 radical (unpaired) electrons. The van der Waals surface area contributed by atoms with Crippen molar-refractivity contribution in [3.8, 4) is 33.8 Å². The number of fused-ring (bicyclic) bond motifs is 4. The lowest BCUT2D eigenvalue weighted by atomic mass is 10.0. The van der Waals surface area contributed by atoms with E-state index in [2.05, 4.69) is 103 Å². The Morgan fingerprint density at radius 2 is 1.42 bits per heavy atom. The Morgan fingerprint density at radius 3 is 2.09 bits per heavy atom. The summed E-state index contributed by atoms with van der Waals surface area (Å²) in [6, 6.07) is 33.9.